The van der Waals surface area contributed by atoms with Gasteiger partial charge in [0.05, 0.1) is 5.92 Å². The van der Waals surface area contributed by atoms with E-state index >= 15 is 0 Å². The molecule has 0 radical (unpaired) electrons. The van der Waals surface area contributed by atoms with Crippen LogP contribution in [0.2, 0.25) is 0 Å². The van der Waals surface area contributed by atoms with Gasteiger partial charge in [-0.05, 0) is 12.1 Å². The van der Waals surface area contributed by atoms with Crippen molar-refractivity contribution < 1.29 is 14.3 Å². The van der Waals surface area contributed by atoms with E-state index in [1.165, 1.54) is 7.11 Å². The van der Waals surface area contributed by atoms with E-state index in [0.717, 1.165) is 5.69 Å². The minimum Gasteiger partial charge on any atom is -0.375 e. The number of hydrogen-bond donors (Lipinski definition) is 0. The topological polar surface area (TPSA) is 49.9 Å². The van der Waals surface area contributed by atoms with Crippen LogP contribution in [0.3, 0.4) is 0 Å². The number of anilines is 1. The maximum Gasteiger partial charge on any atom is 0.248 e. The van der Waals surface area contributed by atoms with Crippen molar-refractivity contribution in [3.05, 3.63) is 30.3 Å². The lowest BCUT2D eigenvalue weighted by Crippen LogP contribution is -2.37. The number of benzene rings is 1. The molecule has 2 amide bonds. The van der Waals surface area contributed by atoms with Crippen LogP contribution in [0, 0.1) is 11.8 Å². The van der Waals surface area contributed by atoms with E-state index in [2.05, 4.69) is 0 Å². The summed E-state index contributed by atoms with van der Waals surface area (Å²) in [5.74, 6) is 0.286. The molecule has 1 aromatic rings. The summed E-state index contributed by atoms with van der Waals surface area (Å²) in [5, 5.41) is 0. The molecule has 2 aliphatic heterocycles. The molecular formula is C15H18N2O3. The predicted molar refractivity (Wildman–Crippen MR) is 74.2 cm³/mol. The summed E-state index contributed by atoms with van der Waals surface area (Å²) in [6.45, 7) is 1.97. The average molecular weight is 274 g/mol. The van der Waals surface area contributed by atoms with Crippen LogP contribution in [0.25, 0.3) is 0 Å². The van der Waals surface area contributed by atoms with Gasteiger partial charge in [0.2, 0.25) is 11.8 Å². The molecule has 2 aliphatic rings. The second-order valence-electron chi connectivity index (χ2n) is 5.38. The lowest BCUT2D eigenvalue weighted by Gasteiger charge is -2.21. The fourth-order valence-corrected chi connectivity index (χ4v) is 3.12. The van der Waals surface area contributed by atoms with Gasteiger partial charge in [0, 0.05) is 38.3 Å². The first-order valence-electron chi connectivity index (χ1n) is 6.84. The number of ether oxygens (including phenoxy) is 1. The van der Waals surface area contributed by atoms with Crippen LogP contribution < -0.4 is 4.90 Å². The van der Waals surface area contributed by atoms with Gasteiger partial charge in [-0.3, -0.25) is 9.59 Å². The molecule has 0 aromatic heterocycles. The van der Waals surface area contributed by atoms with Gasteiger partial charge in [0.1, 0.15) is 6.61 Å². The quantitative estimate of drug-likeness (QED) is 0.817. The van der Waals surface area contributed by atoms with Crippen molar-refractivity contribution in [2.75, 3.05) is 38.3 Å². The maximum atomic E-state index is 12.5. The largest absolute Gasteiger partial charge is 0.375 e. The number of para-hydroxylation sites is 1. The Morgan fingerprint density at radius 3 is 2.65 bits per heavy atom. The Labute approximate surface area is 118 Å². The SMILES string of the molecule is COCC(=O)N1C[C@@H]2CN(c3ccccc3)C(=O)[C@@H]2C1. The molecule has 2 heterocycles. The van der Waals surface area contributed by atoms with Gasteiger partial charge in [-0.1, -0.05) is 18.2 Å². The molecule has 0 spiro atoms. The zero-order valence-corrected chi connectivity index (χ0v) is 11.5. The van der Waals surface area contributed by atoms with Crippen LogP contribution in [-0.4, -0.2) is 50.1 Å². The Kier molecular flexibility index (Phi) is 3.44. The van der Waals surface area contributed by atoms with Gasteiger partial charge in [-0.25, -0.2) is 0 Å². The second kappa shape index (κ2) is 5.25. The molecular weight excluding hydrogens is 256 g/mol. The first-order valence-corrected chi connectivity index (χ1v) is 6.84. The number of rotatable bonds is 3. The Morgan fingerprint density at radius 1 is 1.25 bits per heavy atom. The van der Waals surface area contributed by atoms with E-state index in [9.17, 15) is 9.59 Å². The van der Waals surface area contributed by atoms with Gasteiger partial charge < -0.3 is 14.5 Å². The van der Waals surface area contributed by atoms with Gasteiger partial charge in [-0.2, -0.15) is 0 Å². The molecule has 2 atom stereocenters. The normalized spacial score (nSPS) is 25.1. The Bertz CT molecular complexity index is 517. The van der Waals surface area contributed by atoms with E-state index in [0.29, 0.717) is 19.6 Å². The highest BCUT2D eigenvalue weighted by molar-refractivity contribution is 5.98. The monoisotopic (exact) mass is 274 g/mol. The lowest BCUT2D eigenvalue weighted by atomic mass is 10.0. The molecule has 0 unspecified atom stereocenters. The molecule has 2 saturated heterocycles. The van der Waals surface area contributed by atoms with E-state index in [1.54, 1.807) is 4.90 Å². The van der Waals surface area contributed by atoms with Crippen LogP contribution in [-0.2, 0) is 14.3 Å². The van der Waals surface area contributed by atoms with Crippen molar-refractivity contribution in [2.45, 2.75) is 0 Å². The number of hydrogen-bond acceptors (Lipinski definition) is 3. The molecule has 0 bridgehead atoms. The molecule has 0 aliphatic carbocycles. The number of likely N-dealkylation sites (tertiary alicyclic amines) is 1. The van der Waals surface area contributed by atoms with E-state index in [-0.39, 0.29) is 30.3 Å². The van der Waals surface area contributed by atoms with Crippen molar-refractivity contribution in [2.24, 2.45) is 11.8 Å². The van der Waals surface area contributed by atoms with Gasteiger partial charge >= 0.3 is 0 Å². The summed E-state index contributed by atoms with van der Waals surface area (Å²) in [4.78, 5) is 27.9. The summed E-state index contributed by atoms with van der Waals surface area (Å²) in [5.41, 5.74) is 0.946. The Morgan fingerprint density at radius 2 is 2.00 bits per heavy atom. The molecule has 0 N–H and O–H groups in total. The number of nitrogens with zero attached hydrogens (tertiary/aromatic N) is 2. The van der Waals surface area contributed by atoms with Crippen LogP contribution in [0.15, 0.2) is 30.3 Å². The zero-order valence-electron chi connectivity index (χ0n) is 11.5. The third-order valence-electron chi connectivity index (χ3n) is 4.13. The smallest absolute Gasteiger partial charge is 0.248 e. The molecule has 0 saturated carbocycles. The fraction of sp³-hybridized carbons (Fsp3) is 0.467. The van der Waals surface area contributed by atoms with E-state index in [4.69, 9.17) is 4.74 Å². The molecule has 1 aromatic carbocycles. The second-order valence-corrected chi connectivity index (χ2v) is 5.38. The van der Waals surface area contributed by atoms with Crippen molar-refractivity contribution in [1.29, 1.82) is 0 Å². The third kappa shape index (κ3) is 2.18. The van der Waals surface area contributed by atoms with Crippen LogP contribution in [0.4, 0.5) is 5.69 Å². The van der Waals surface area contributed by atoms with Crippen LogP contribution in [0.1, 0.15) is 0 Å². The highest BCUT2D eigenvalue weighted by Gasteiger charge is 2.47. The third-order valence-corrected chi connectivity index (χ3v) is 4.13. The lowest BCUT2D eigenvalue weighted by molar-refractivity contribution is -0.134. The molecule has 3 rings (SSSR count). The van der Waals surface area contributed by atoms with Gasteiger partial charge in [-0.15, -0.1) is 0 Å². The van der Waals surface area contributed by atoms with E-state index < -0.39 is 0 Å². The van der Waals surface area contributed by atoms with Crippen molar-refractivity contribution in [1.82, 2.24) is 4.90 Å². The number of fused-ring (bicyclic) bond motifs is 1. The maximum absolute atomic E-state index is 12.5. The molecule has 106 valence electrons. The fourth-order valence-electron chi connectivity index (χ4n) is 3.12. The molecule has 5 nitrogen and oxygen atoms in total. The van der Waals surface area contributed by atoms with Gasteiger partial charge in [0.15, 0.2) is 0 Å². The van der Waals surface area contributed by atoms with Crippen LogP contribution >= 0.6 is 0 Å². The predicted octanol–water partition coefficient (Wildman–Crippen LogP) is 0.754. The van der Waals surface area contributed by atoms with Crippen molar-refractivity contribution in [3.8, 4) is 0 Å². The standard InChI is InChI=1S/C15H18N2O3/c1-20-10-14(18)16-7-11-8-17(15(19)13(11)9-16)12-5-3-2-4-6-12/h2-6,11,13H,7-10H2,1H3/t11-,13-/m1/s1. The first kappa shape index (κ1) is 13.1. The number of carbonyl (C=O) groups excluding carboxylic acids is 2. The minimum atomic E-state index is -0.0592. The number of methoxy groups -OCH3 is 1. The molecule has 5 heteroatoms. The summed E-state index contributed by atoms with van der Waals surface area (Å²) < 4.78 is 4.87. The van der Waals surface area contributed by atoms with Crippen molar-refractivity contribution in [3.63, 3.8) is 0 Å². The summed E-state index contributed by atoms with van der Waals surface area (Å²) in [7, 11) is 1.51. The minimum absolute atomic E-state index is 0.0269. The Hall–Kier alpha value is -1.88. The van der Waals surface area contributed by atoms with E-state index in [1.807, 2.05) is 35.2 Å². The first-order chi connectivity index (χ1) is 9.70. The molecule has 20 heavy (non-hydrogen) atoms. The highest BCUT2D eigenvalue weighted by Crippen LogP contribution is 2.34. The van der Waals surface area contributed by atoms with Gasteiger partial charge in [0.25, 0.3) is 0 Å². The number of carbonyl (C=O) groups is 2. The average Bonchev–Trinajstić information content (AvgIpc) is 3.00. The molecule has 2 fully saturated rings. The number of amides is 2. The summed E-state index contributed by atoms with van der Waals surface area (Å²) >= 11 is 0. The summed E-state index contributed by atoms with van der Waals surface area (Å²) in [6.07, 6.45) is 0. The highest BCUT2D eigenvalue weighted by atomic mass is 16.5. The van der Waals surface area contributed by atoms with Crippen molar-refractivity contribution >= 4 is 17.5 Å². The van der Waals surface area contributed by atoms with Crippen LogP contribution in [0.5, 0.6) is 0 Å². The zero-order chi connectivity index (χ0) is 14.1. The Balaban J connectivity index is 1.70. The summed E-state index contributed by atoms with van der Waals surface area (Å²) in [6, 6.07) is 9.71.